The zero-order valence-corrected chi connectivity index (χ0v) is 17.8. The van der Waals surface area contributed by atoms with Gasteiger partial charge in [0.1, 0.15) is 12.4 Å². The van der Waals surface area contributed by atoms with Crippen LogP contribution in [0.2, 0.25) is 5.02 Å². The molecule has 0 spiro atoms. The molecule has 1 aliphatic heterocycles. The van der Waals surface area contributed by atoms with Crippen molar-refractivity contribution < 1.29 is 4.74 Å². The van der Waals surface area contributed by atoms with E-state index in [0.717, 1.165) is 21.6 Å². The Kier molecular flexibility index (Phi) is 4.59. The predicted octanol–water partition coefficient (Wildman–Crippen LogP) is 2.82. The Balaban J connectivity index is 1.43. The van der Waals surface area contributed by atoms with Gasteiger partial charge in [0.2, 0.25) is 5.95 Å². The minimum absolute atomic E-state index is 0.331. The van der Waals surface area contributed by atoms with Gasteiger partial charge in [-0.3, -0.25) is 13.9 Å². The van der Waals surface area contributed by atoms with E-state index in [-0.39, 0.29) is 11.2 Å². The van der Waals surface area contributed by atoms with Crippen LogP contribution in [0.25, 0.3) is 11.2 Å². The van der Waals surface area contributed by atoms with Crippen LogP contribution >= 0.6 is 11.6 Å². The van der Waals surface area contributed by atoms with Crippen molar-refractivity contribution in [3.8, 4) is 5.75 Å². The van der Waals surface area contributed by atoms with E-state index in [1.165, 1.54) is 11.6 Å². The highest BCUT2D eigenvalue weighted by atomic mass is 35.5. The van der Waals surface area contributed by atoms with E-state index >= 15 is 0 Å². The minimum Gasteiger partial charge on any atom is -0.489 e. The maximum atomic E-state index is 12.7. The molecular formula is C22H20ClN5O3. The Labute approximate surface area is 182 Å². The van der Waals surface area contributed by atoms with E-state index in [2.05, 4.69) is 4.98 Å². The summed E-state index contributed by atoms with van der Waals surface area (Å²) in [6, 6.07) is 15.3. The summed E-state index contributed by atoms with van der Waals surface area (Å²) in [4.78, 5) is 31.6. The first-order valence-electron chi connectivity index (χ1n) is 9.86. The van der Waals surface area contributed by atoms with Crippen LogP contribution in [0, 0.1) is 0 Å². The van der Waals surface area contributed by atoms with Gasteiger partial charge in [-0.15, -0.1) is 0 Å². The fraction of sp³-hybridized carbons (Fsp3) is 0.227. The summed E-state index contributed by atoms with van der Waals surface area (Å²) < 4.78 is 10.3. The second kappa shape index (κ2) is 7.31. The van der Waals surface area contributed by atoms with Crippen LogP contribution in [-0.2, 0) is 27.2 Å². The third-order valence-corrected chi connectivity index (χ3v) is 5.99. The van der Waals surface area contributed by atoms with Crippen molar-refractivity contribution in [1.82, 2.24) is 18.7 Å². The van der Waals surface area contributed by atoms with Gasteiger partial charge in [0.05, 0.1) is 0 Å². The molecule has 0 saturated heterocycles. The lowest BCUT2D eigenvalue weighted by Gasteiger charge is -2.16. The first kappa shape index (κ1) is 19.4. The van der Waals surface area contributed by atoms with Gasteiger partial charge in [0.25, 0.3) is 5.56 Å². The largest absolute Gasteiger partial charge is 0.489 e. The number of benzene rings is 2. The van der Waals surface area contributed by atoms with Gasteiger partial charge in [-0.05, 0) is 30.3 Å². The van der Waals surface area contributed by atoms with Crippen LogP contribution in [0.4, 0.5) is 11.6 Å². The first-order valence-corrected chi connectivity index (χ1v) is 10.2. The quantitative estimate of drug-likeness (QED) is 0.491. The third-order valence-electron chi connectivity index (χ3n) is 5.62. The molecule has 158 valence electrons. The van der Waals surface area contributed by atoms with Crippen LogP contribution in [0.5, 0.6) is 5.75 Å². The average Bonchev–Trinajstić information content (AvgIpc) is 3.36. The van der Waals surface area contributed by atoms with Crippen molar-refractivity contribution in [3.63, 3.8) is 0 Å². The number of nitrogens with zero attached hydrogens (tertiary/aromatic N) is 5. The number of aryl methyl sites for hydroxylation is 1. The second-order valence-corrected chi connectivity index (χ2v) is 7.87. The van der Waals surface area contributed by atoms with Crippen molar-refractivity contribution in [2.75, 3.05) is 11.4 Å². The number of anilines is 2. The molecule has 31 heavy (non-hydrogen) atoms. The summed E-state index contributed by atoms with van der Waals surface area (Å²) in [5.41, 5.74) is 1.98. The van der Waals surface area contributed by atoms with E-state index in [1.807, 2.05) is 58.0 Å². The normalized spacial score (nSPS) is 13.1. The van der Waals surface area contributed by atoms with Crippen molar-refractivity contribution in [2.24, 2.45) is 14.1 Å². The molecule has 2 aromatic heterocycles. The molecule has 4 aromatic rings. The van der Waals surface area contributed by atoms with Gasteiger partial charge in [-0.2, -0.15) is 4.98 Å². The number of imidazole rings is 1. The molecule has 0 saturated carbocycles. The zero-order chi connectivity index (χ0) is 21.7. The Morgan fingerprint density at radius 2 is 1.74 bits per heavy atom. The first-order chi connectivity index (χ1) is 15.0. The summed E-state index contributed by atoms with van der Waals surface area (Å²) in [6.07, 6.45) is 0. The Hall–Kier alpha value is -3.52. The van der Waals surface area contributed by atoms with Crippen molar-refractivity contribution in [2.45, 2.75) is 13.2 Å². The van der Waals surface area contributed by atoms with Gasteiger partial charge in [0.15, 0.2) is 11.2 Å². The lowest BCUT2D eigenvalue weighted by atomic mass is 10.2. The number of hydrogen-bond donors (Lipinski definition) is 0. The smallest absolute Gasteiger partial charge is 0.332 e. The van der Waals surface area contributed by atoms with Crippen molar-refractivity contribution in [1.29, 1.82) is 0 Å². The molecule has 0 amide bonds. The fourth-order valence-electron chi connectivity index (χ4n) is 3.90. The average molecular weight is 438 g/mol. The highest BCUT2D eigenvalue weighted by Gasteiger charge is 2.28. The number of rotatable bonds is 4. The Bertz CT molecular complexity index is 1420. The fourth-order valence-corrected chi connectivity index (χ4v) is 4.09. The van der Waals surface area contributed by atoms with Crippen LogP contribution in [-0.4, -0.2) is 25.2 Å². The molecule has 8 nitrogen and oxygen atoms in total. The van der Waals surface area contributed by atoms with E-state index in [4.69, 9.17) is 16.3 Å². The predicted molar refractivity (Wildman–Crippen MR) is 119 cm³/mol. The summed E-state index contributed by atoms with van der Waals surface area (Å²) in [5, 5.41) is 0.677. The van der Waals surface area contributed by atoms with E-state index in [0.29, 0.717) is 41.8 Å². The van der Waals surface area contributed by atoms with Crippen molar-refractivity contribution in [3.05, 3.63) is 80.0 Å². The zero-order valence-electron chi connectivity index (χ0n) is 17.1. The van der Waals surface area contributed by atoms with Gasteiger partial charge < -0.3 is 14.2 Å². The van der Waals surface area contributed by atoms with Gasteiger partial charge >= 0.3 is 5.69 Å². The molecular weight excluding hydrogens is 418 g/mol. The molecule has 1 aliphatic rings. The topological polar surface area (TPSA) is 74.3 Å². The van der Waals surface area contributed by atoms with E-state index < -0.39 is 0 Å². The van der Waals surface area contributed by atoms with Crippen molar-refractivity contribution >= 4 is 34.4 Å². The molecule has 0 radical (unpaired) electrons. The minimum atomic E-state index is -0.388. The number of fused-ring (bicyclic) bond motifs is 3. The van der Waals surface area contributed by atoms with Crippen LogP contribution in [0.1, 0.15) is 5.56 Å². The maximum Gasteiger partial charge on any atom is 0.332 e. The SMILES string of the molecule is Cn1c(=O)c2c(nc3n2CCN3c2ccc(OCc3ccccc3Cl)cc2)n(C)c1=O. The summed E-state index contributed by atoms with van der Waals surface area (Å²) >= 11 is 6.18. The monoisotopic (exact) mass is 437 g/mol. The molecule has 9 heteroatoms. The molecule has 0 N–H and O–H groups in total. The number of aromatic nitrogens is 4. The second-order valence-electron chi connectivity index (χ2n) is 7.47. The molecule has 0 bridgehead atoms. The van der Waals surface area contributed by atoms with E-state index in [1.54, 1.807) is 7.05 Å². The van der Waals surface area contributed by atoms with Crippen LogP contribution < -0.4 is 20.9 Å². The third kappa shape index (κ3) is 3.11. The molecule has 0 atom stereocenters. The lowest BCUT2D eigenvalue weighted by molar-refractivity contribution is 0.306. The van der Waals surface area contributed by atoms with Gasteiger partial charge in [0, 0.05) is 43.5 Å². The number of halogens is 1. The van der Waals surface area contributed by atoms with Gasteiger partial charge in [-0.25, -0.2) is 4.79 Å². The van der Waals surface area contributed by atoms with Gasteiger partial charge in [-0.1, -0.05) is 29.8 Å². The van der Waals surface area contributed by atoms with Crippen LogP contribution in [0.3, 0.4) is 0 Å². The van der Waals surface area contributed by atoms with E-state index in [9.17, 15) is 9.59 Å². The standard InChI is InChI=1S/C22H20ClN5O3/c1-25-19-18(20(29)26(2)22(25)30)28-12-11-27(21(28)24-19)15-7-9-16(10-8-15)31-13-14-5-3-4-6-17(14)23/h3-10H,11-13H2,1-2H3. The number of ether oxygens (including phenoxy) is 1. The van der Waals surface area contributed by atoms with Crippen LogP contribution in [0.15, 0.2) is 58.1 Å². The summed E-state index contributed by atoms with van der Waals surface area (Å²) in [7, 11) is 3.11. The molecule has 0 aliphatic carbocycles. The molecule has 0 fully saturated rings. The Morgan fingerprint density at radius 1 is 1.00 bits per heavy atom. The summed E-state index contributed by atoms with van der Waals surface area (Å²) in [5.74, 6) is 1.38. The highest BCUT2D eigenvalue weighted by Crippen LogP contribution is 2.32. The molecule has 3 heterocycles. The lowest BCUT2D eigenvalue weighted by Crippen LogP contribution is -2.37. The molecule has 2 aromatic carbocycles. The molecule has 0 unspecified atom stereocenters. The maximum absolute atomic E-state index is 12.7. The Morgan fingerprint density at radius 3 is 2.48 bits per heavy atom. The summed E-state index contributed by atoms with van der Waals surface area (Å²) in [6.45, 7) is 1.68. The highest BCUT2D eigenvalue weighted by molar-refractivity contribution is 6.31. The number of hydrogen-bond acceptors (Lipinski definition) is 5. The molecule has 5 rings (SSSR count).